The van der Waals surface area contributed by atoms with E-state index in [4.69, 9.17) is 4.99 Å². The van der Waals surface area contributed by atoms with Gasteiger partial charge in [-0.15, -0.1) is 0 Å². The van der Waals surface area contributed by atoms with Crippen molar-refractivity contribution in [1.29, 1.82) is 0 Å². The maximum atomic E-state index is 14.0. The Kier molecular flexibility index (Phi) is 5.36. The highest BCUT2D eigenvalue weighted by Gasteiger charge is 2.45. The number of halogens is 1. The van der Waals surface area contributed by atoms with Gasteiger partial charge in [-0.1, -0.05) is 36.4 Å². The fraction of sp³-hybridized carbons (Fsp3) is 0.417. The summed E-state index contributed by atoms with van der Waals surface area (Å²) in [5, 5.41) is 7.24. The number of benzene rings is 2. The average molecular weight is 409 g/mol. The number of carbonyl (C=O) groups is 1. The molecule has 2 aromatic rings. The van der Waals surface area contributed by atoms with Crippen molar-refractivity contribution in [2.45, 2.75) is 51.2 Å². The maximum absolute atomic E-state index is 14.0. The molecule has 1 spiro atoms. The number of hydrogen-bond donors (Lipinski definition) is 2. The third-order valence-corrected chi connectivity index (χ3v) is 5.71. The van der Waals surface area contributed by atoms with E-state index in [2.05, 4.69) is 43.5 Å². The number of anilines is 1. The SMILES string of the molecule is CC(C)(C)N=C1Nc2ccccc2CN[C@@]12CCN(C(=O)Cc1ccccc1F)C2. The fourth-order valence-electron chi connectivity index (χ4n) is 4.14. The number of aliphatic imine (C=N–C) groups is 1. The molecule has 30 heavy (non-hydrogen) atoms. The summed E-state index contributed by atoms with van der Waals surface area (Å²) in [6.07, 6.45) is 0.827. The van der Waals surface area contributed by atoms with Gasteiger partial charge in [-0.3, -0.25) is 15.1 Å². The van der Waals surface area contributed by atoms with Crippen molar-refractivity contribution in [1.82, 2.24) is 10.2 Å². The van der Waals surface area contributed by atoms with Crippen molar-refractivity contribution >= 4 is 17.4 Å². The molecule has 1 saturated heterocycles. The normalized spacial score (nSPS) is 22.7. The van der Waals surface area contributed by atoms with Gasteiger partial charge in [-0.25, -0.2) is 4.39 Å². The number of hydrogen-bond acceptors (Lipinski definition) is 3. The lowest BCUT2D eigenvalue weighted by Crippen LogP contribution is -2.56. The smallest absolute Gasteiger partial charge is 0.227 e. The summed E-state index contributed by atoms with van der Waals surface area (Å²) in [5.41, 5.74) is 1.94. The number of nitrogens with one attached hydrogen (secondary N) is 2. The number of fused-ring (bicyclic) bond motifs is 1. The van der Waals surface area contributed by atoms with E-state index in [0.717, 1.165) is 17.9 Å². The molecule has 0 radical (unpaired) electrons. The Labute approximate surface area is 177 Å². The number of rotatable bonds is 2. The molecule has 2 aliphatic heterocycles. The van der Waals surface area contributed by atoms with Gasteiger partial charge < -0.3 is 10.2 Å². The minimum atomic E-state index is -0.447. The molecule has 1 fully saturated rings. The van der Waals surface area contributed by atoms with Crippen molar-refractivity contribution in [3.63, 3.8) is 0 Å². The predicted molar refractivity (Wildman–Crippen MR) is 118 cm³/mol. The van der Waals surface area contributed by atoms with Crippen LogP contribution in [0.2, 0.25) is 0 Å². The summed E-state index contributed by atoms with van der Waals surface area (Å²) in [4.78, 5) is 19.8. The number of nitrogens with zero attached hydrogens (tertiary/aromatic N) is 2. The molecule has 0 aliphatic carbocycles. The van der Waals surface area contributed by atoms with E-state index in [0.29, 0.717) is 25.2 Å². The molecule has 0 unspecified atom stereocenters. The molecular formula is C24H29FN4O. The van der Waals surface area contributed by atoms with E-state index < -0.39 is 5.54 Å². The minimum Gasteiger partial charge on any atom is -0.342 e. The Morgan fingerprint density at radius 1 is 1.17 bits per heavy atom. The zero-order valence-electron chi connectivity index (χ0n) is 17.8. The van der Waals surface area contributed by atoms with Crippen LogP contribution in [0.3, 0.4) is 0 Å². The van der Waals surface area contributed by atoms with Gasteiger partial charge in [-0.05, 0) is 50.5 Å². The molecule has 158 valence electrons. The van der Waals surface area contributed by atoms with Crippen molar-refractivity contribution in [3.05, 3.63) is 65.5 Å². The third-order valence-electron chi connectivity index (χ3n) is 5.71. The van der Waals surface area contributed by atoms with Gasteiger partial charge in [0, 0.05) is 25.3 Å². The molecule has 1 atom stereocenters. The molecule has 1 amide bonds. The largest absolute Gasteiger partial charge is 0.342 e. The van der Waals surface area contributed by atoms with Crippen LogP contribution < -0.4 is 10.6 Å². The van der Waals surface area contributed by atoms with Crippen molar-refractivity contribution in [3.8, 4) is 0 Å². The highest BCUT2D eigenvalue weighted by Crippen LogP contribution is 2.31. The van der Waals surface area contributed by atoms with Gasteiger partial charge in [-0.2, -0.15) is 0 Å². The van der Waals surface area contributed by atoms with Crippen LogP contribution in [0.1, 0.15) is 38.3 Å². The Morgan fingerprint density at radius 3 is 2.67 bits per heavy atom. The standard InChI is InChI=1S/C24H29FN4O/c1-23(2,3)28-22-24(26-15-18-9-5-7-11-20(18)27-22)12-13-29(16-24)21(30)14-17-8-4-6-10-19(17)25/h4-11,26H,12-16H2,1-3H3,(H,27,28)/t24-/m1/s1. The Morgan fingerprint density at radius 2 is 1.90 bits per heavy atom. The van der Waals surface area contributed by atoms with E-state index in [9.17, 15) is 9.18 Å². The molecule has 5 nitrogen and oxygen atoms in total. The number of amides is 1. The molecule has 0 aromatic heterocycles. The lowest BCUT2D eigenvalue weighted by molar-refractivity contribution is -0.129. The van der Waals surface area contributed by atoms with Crippen LogP contribution in [0.15, 0.2) is 53.5 Å². The maximum Gasteiger partial charge on any atom is 0.227 e. The minimum absolute atomic E-state index is 0.0596. The van der Waals surface area contributed by atoms with Gasteiger partial charge in [0.1, 0.15) is 11.7 Å². The molecule has 6 heteroatoms. The van der Waals surface area contributed by atoms with Crippen LogP contribution in [0.5, 0.6) is 0 Å². The molecule has 2 N–H and O–H groups in total. The second kappa shape index (κ2) is 7.84. The monoisotopic (exact) mass is 408 g/mol. The number of para-hydroxylation sites is 1. The molecule has 4 rings (SSSR count). The van der Waals surface area contributed by atoms with E-state index in [1.807, 2.05) is 17.0 Å². The first kappa shape index (κ1) is 20.5. The van der Waals surface area contributed by atoms with Crippen molar-refractivity contribution in [2.75, 3.05) is 18.4 Å². The zero-order valence-corrected chi connectivity index (χ0v) is 17.8. The van der Waals surface area contributed by atoms with Gasteiger partial charge in [0.2, 0.25) is 5.91 Å². The summed E-state index contributed by atoms with van der Waals surface area (Å²) in [7, 11) is 0. The number of carbonyl (C=O) groups excluding carboxylic acids is 1. The van der Waals surface area contributed by atoms with Crippen molar-refractivity contribution < 1.29 is 9.18 Å². The average Bonchev–Trinajstić information content (AvgIpc) is 3.07. The lowest BCUT2D eigenvalue weighted by Gasteiger charge is -2.32. The van der Waals surface area contributed by atoms with E-state index >= 15 is 0 Å². The summed E-state index contributed by atoms with van der Waals surface area (Å²) in [6.45, 7) is 8.03. The summed E-state index contributed by atoms with van der Waals surface area (Å²) >= 11 is 0. The molecule has 0 saturated carbocycles. The van der Waals surface area contributed by atoms with Gasteiger partial charge in [0.15, 0.2) is 0 Å². The number of likely N-dealkylation sites (tertiary alicyclic amines) is 1. The predicted octanol–water partition coefficient (Wildman–Crippen LogP) is 3.75. The quantitative estimate of drug-likeness (QED) is 0.796. The Balaban J connectivity index is 1.60. The van der Waals surface area contributed by atoms with Crippen LogP contribution >= 0.6 is 0 Å². The van der Waals surface area contributed by atoms with Crippen molar-refractivity contribution in [2.24, 2.45) is 4.99 Å². The fourth-order valence-corrected chi connectivity index (χ4v) is 4.14. The Bertz CT molecular complexity index is 981. The second-order valence-electron chi connectivity index (χ2n) is 9.18. The molecular weight excluding hydrogens is 379 g/mol. The topological polar surface area (TPSA) is 56.7 Å². The van der Waals surface area contributed by atoms with Gasteiger partial charge in [0.05, 0.1) is 17.5 Å². The van der Waals surface area contributed by atoms with Crippen LogP contribution in [0.25, 0.3) is 0 Å². The highest BCUT2D eigenvalue weighted by molar-refractivity contribution is 6.04. The number of amidine groups is 1. The van der Waals surface area contributed by atoms with Crippen LogP contribution in [0.4, 0.5) is 10.1 Å². The zero-order chi connectivity index (χ0) is 21.4. The first-order valence-electron chi connectivity index (χ1n) is 10.5. The van der Waals surface area contributed by atoms with Crippen LogP contribution in [-0.4, -0.2) is 40.8 Å². The first-order valence-corrected chi connectivity index (χ1v) is 10.5. The molecule has 2 aromatic carbocycles. The third kappa shape index (κ3) is 4.24. The lowest BCUT2D eigenvalue weighted by atomic mass is 9.95. The highest BCUT2D eigenvalue weighted by atomic mass is 19.1. The summed E-state index contributed by atoms with van der Waals surface area (Å²) < 4.78 is 14.0. The first-order chi connectivity index (χ1) is 14.3. The van der Waals surface area contributed by atoms with Crippen LogP contribution in [-0.2, 0) is 17.8 Å². The Hall–Kier alpha value is -2.73. The summed E-state index contributed by atoms with van der Waals surface area (Å²) in [6, 6.07) is 14.7. The van der Waals surface area contributed by atoms with E-state index in [1.165, 1.54) is 11.6 Å². The molecule has 2 aliphatic rings. The van der Waals surface area contributed by atoms with Gasteiger partial charge in [0.25, 0.3) is 0 Å². The van der Waals surface area contributed by atoms with Crippen LogP contribution in [0, 0.1) is 5.82 Å². The van der Waals surface area contributed by atoms with E-state index in [1.54, 1.807) is 18.2 Å². The summed E-state index contributed by atoms with van der Waals surface area (Å²) in [5.74, 6) is 0.469. The molecule has 0 bridgehead atoms. The van der Waals surface area contributed by atoms with Gasteiger partial charge >= 0.3 is 0 Å². The second-order valence-corrected chi connectivity index (χ2v) is 9.18. The van der Waals surface area contributed by atoms with E-state index in [-0.39, 0.29) is 23.7 Å². The molecule has 2 heterocycles.